The molecule has 1 saturated heterocycles. The fourth-order valence-corrected chi connectivity index (χ4v) is 4.06. The summed E-state index contributed by atoms with van der Waals surface area (Å²) in [5, 5.41) is 4.47. The fourth-order valence-electron chi connectivity index (χ4n) is 4.06. The van der Waals surface area contributed by atoms with Crippen LogP contribution in [0.1, 0.15) is 65.9 Å². The first-order valence-corrected chi connectivity index (χ1v) is 11.3. The van der Waals surface area contributed by atoms with Gasteiger partial charge in [-0.05, 0) is 30.6 Å². The van der Waals surface area contributed by atoms with Gasteiger partial charge in [-0.1, -0.05) is 70.1 Å². The van der Waals surface area contributed by atoms with E-state index in [-0.39, 0.29) is 11.3 Å². The highest BCUT2D eigenvalue weighted by Crippen LogP contribution is 2.34. The Labute approximate surface area is 181 Å². The van der Waals surface area contributed by atoms with Gasteiger partial charge < -0.3 is 14.3 Å². The zero-order valence-corrected chi connectivity index (χ0v) is 19.3. The molecule has 1 aromatic heterocycles. The smallest absolute Gasteiger partial charge is 0.232 e. The Kier molecular flexibility index (Phi) is 7.22. The molecule has 0 aliphatic carbocycles. The van der Waals surface area contributed by atoms with Crippen molar-refractivity contribution in [2.24, 2.45) is 11.3 Å². The van der Waals surface area contributed by atoms with Crippen molar-refractivity contribution in [1.29, 1.82) is 0 Å². The van der Waals surface area contributed by atoms with Crippen LogP contribution in [-0.2, 0) is 11.3 Å². The van der Waals surface area contributed by atoms with Gasteiger partial charge in [0, 0.05) is 31.6 Å². The van der Waals surface area contributed by atoms with E-state index in [9.17, 15) is 4.79 Å². The lowest BCUT2D eigenvalue weighted by molar-refractivity contribution is -0.134. The molecule has 2 heterocycles. The first-order chi connectivity index (χ1) is 14.2. The summed E-state index contributed by atoms with van der Waals surface area (Å²) >= 11 is 0. The Morgan fingerprint density at radius 1 is 1.13 bits per heavy atom. The van der Waals surface area contributed by atoms with Crippen LogP contribution in [0.5, 0.6) is 0 Å². The molecule has 0 radical (unpaired) electrons. The molecule has 1 amide bonds. The van der Waals surface area contributed by atoms with Gasteiger partial charge in [0.15, 0.2) is 0 Å². The maximum Gasteiger partial charge on any atom is 0.232 e. The normalized spacial score (nSPS) is 14.9. The number of anilines is 1. The Morgan fingerprint density at radius 2 is 1.80 bits per heavy atom. The van der Waals surface area contributed by atoms with Crippen LogP contribution < -0.4 is 4.90 Å². The highest BCUT2D eigenvalue weighted by Gasteiger charge is 2.28. The third-order valence-electron chi connectivity index (χ3n) is 5.43. The van der Waals surface area contributed by atoms with Crippen molar-refractivity contribution in [3.8, 4) is 11.3 Å². The highest BCUT2D eigenvalue weighted by molar-refractivity contribution is 5.78. The van der Waals surface area contributed by atoms with E-state index in [0.717, 1.165) is 42.3 Å². The molecule has 1 aromatic carbocycles. The van der Waals surface area contributed by atoms with E-state index in [0.29, 0.717) is 18.9 Å². The Morgan fingerprint density at radius 3 is 2.40 bits per heavy atom. The van der Waals surface area contributed by atoms with Crippen LogP contribution in [0.3, 0.4) is 0 Å². The molecule has 1 fully saturated rings. The Balaban J connectivity index is 1.97. The predicted molar refractivity (Wildman–Crippen MR) is 122 cm³/mol. The van der Waals surface area contributed by atoms with Crippen molar-refractivity contribution >= 4 is 11.8 Å². The van der Waals surface area contributed by atoms with Crippen LogP contribution in [0.4, 0.5) is 5.88 Å². The van der Waals surface area contributed by atoms with Crippen molar-refractivity contribution in [3.63, 3.8) is 0 Å². The number of piperidine rings is 1. The van der Waals surface area contributed by atoms with Gasteiger partial charge in [-0.2, -0.15) is 0 Å². The third-order valence-corrected chi connectivity index (χ3v) is 5.43. The predicted octanol–water partition coefficient (Wildman–Crippen LogP) is 5.75. The average molecular weight is 412 g/mol. The lowest BCUT2D eigenvalue weighted by Gasteiger charge is -2.30. The molecule has 0 bridgehead atoms. The minimum absolute atomic E-state index is 0.0427. The molecule has 2 aromatic rings. The van der Waals surface area contributed by atoms with Crippen molar-refractivity contribution in [1.82, 2.24) is 10.1 Å². The maximum atomic E-state index is 13.2. The second-order valence-corrected chi connectivity index (χ2v) is 10.1. The van der Waals surface area contributed by atoms with Crippen LogP contribution in [0.15, 0.2) is 34.9 Å². The summed E-state index contributed by atoms with van der Waals surface area (Å²) in [4.78, 5) is 17.5. The fraction of sp³-hybridized carbons (Fsp3) is 0.600. The molecule has 164 valence electrons. The number of rotatable bonds is 7. The minimum atomic E-state index is -0.0427. The second kappa shape index (κ2) is 9.67. The van der Waals surface area contributed by atoms with Crippen LogP contribution in [0, 0.1) is 11.3 Å². The van der Waals surface area contributed by atoms with Crippen LogP contribution in [-0.4, -0.2) is 35.6 Å². The summed E-state index contributed by atoms with van der Waals surface area (Å²) in [6.45, 7) is 13.9. The zero-order valence-electron chi connectivity index (χ0n) is 19.3. The molecule has 1 aliphatic heterocycles. The largest absolute Gasteiger partial charge is 0.340 e. The molecular weight excluding hydrogens is 374 g/mol. The lowest BCUT2D eigenvalue weighted by atomic mass is 9.91. The molecule has 0 unspecified atom stereocenters. The van der Waals surface area contributed by atoms with Gasteiger partial charge in [0.05, 0.1) is 12.1 Å². The van der Waals surface area contributed by atoms with Gasteiger partial charge in [0.1, 0.15) is 5.69 Å². The van der Waals surface area contributed by atoms with Gasteiger partial charge >= 0.3 is 0 Å². The van der Waals surface area contributed by atoms with Gasteiger partial charge in [-0.25, -0.2) is 0 Å². The molecular formula is C25H37N3O2. The molecule has 0 N–H and O–H groups in total. The number of carbonyl (C=O) groups excluding carboxylic acids is 1. The molecule has 5 heteroatoms. The van der Waals surface area contributed by atoms with E-state index in [4.69, 9.17) is 4.52 Å². The summed E-state index contributed by atoms with van der Waals surface area (Å²) < 4.78 is 5.91. The Hall–Kier alpha value is -2.30. The number of hydrogen-bond acceptors (Lipinski definition) is 4. The molecule has 5 nitrogen and oxygen atoms in total. The summed E-state index contributed by atoms with van der Waals surface area (Å²) in [7, 11) is 0. The molecule has 3 rings (SSSR count). The van der Waals surface area contributed by atoms with Crippen molar-refractivity contribution < 1.29 is 9.32 Å². The summed E-state index contributed by atoms with van der Waals surface area (Å²) in [5.41, 5.74) is 2.88. The van der Waals surface area contributed by atoms with Gasteiger partial charge in [-0.15, -0.1) is 0 Å². The quantitative estimate of drug-likeness (QED) is 0.582. The van der Waals surface area contributed by atoms with E-state index in [1.54, 1.807) is 0 Å². The molecule has 0 spiro atoms. The highest BCUT2D eigenvalue weighted by atomic mass is 16.5. The molecule has 30 heavy (non-hydrogen) atoms. The van der Waals surface area contributed by atoms with Crippen LogP contribution in [0.2, 0.25) is 0 Å². The van der Waals surface area contributed by atoms with Crippen molar-refractivity contribution in [2.45, 2.75) is 66.8 Å². The summed E-state index contributed by atoms with van der Waals surface area (Å²) in [5.74, 6) is 1.43. The number of amides is 1. The monoisotopic (exact) mass is 411 g/mol. The van der Waals surface area contributed by atoms with E-state index >= 15 is 0 Å². The van der Waals surface area contributed by atoms with Gasteiger partial charge in [-0.3, -0.25) is 4.79 Å². The zero-order chi connectivity index (χ0) is 21.7. The topological polar surface area (TPSA) is 49.6 Å². The van der Waals surface area contributed by atoms with E-state index in [1.807, 2.05) is 23.1 Å². The van der Waals surface area contributed by atoms with Crippen molar-refractivity contribution in [2.75, 3.05) is 24.5 Å². The van der Waals surface area contributed by atoms with E-state index in [2.05, 4.69) is 56.8 Å². The Bertz CT molecular complexity index is 815. The standard InChI is InChI=1S/C25H37N3O2/c1-19(2)17-28(22(29)16-25(3,4)5)18-21-23(20-12-8-6-9-13-20)26-30-24(21)27-14-10-7-11-15-27/h6,8-9,12-13,19H,7,10-11,14-18H2,1-5H3. The third kappa shape index (κ3) is 5.87. The number of nitrogens with zero attached hydrogens (tertiary/aromatic N) is 3. The maximum absolute atomic E-state index is 13.2. The second-order valence-electron chi connectivity index (χ2n) is 10.1. The number of aromatic nitrogens is 1. The minimum Gasteiger partial charge on any atom is -0.340 e. The van der Waals surface area contributed by atoms with Crippen LogP contribution in [0.25, 0.3) is 11.3 Å². The van der Waals surface area contributed by atoms with E-state index in [1.165, 1.54) is 19.3 Å². The summed E-state index contributed by atoms with van der Waals surface area (Å²) in [6, 6.07) is 10.2. The SMILES string of the molecule is CC(C)CN(Cc1c(-c2ccccc2)noc1N1CCCCC1)C(=O)CC(C)(C)C. The van der Waals surface area contributed by atoms with Gasteiger partial charge in [0.25, 0.3) is 0 Å². The van der Waals surface area contributed by atoms with Gasteiger partial charge in [0.2, 0.25) is 11.8 Å². The number of benzene rings is 1. The number of carbonyl (C=O) groups is 1. The average Bonchev–Trinajstić information content (AvgIpc) is 3.11. The lowest BCUT2D eigenvalue weighted by Crippen LogP contribution is -2.37. The summed E-state index contributed by atoms with van der Waals surface area (Å²) in [6.07, 6.45) is 4.12. The van der Waals surface area contributed by atoms with Crippen molar-refractivity contribution in [3.05, 3.63) is 35.9 Å². The first kappa shape index (κ1) is 22.4. The first-order valence-electron chi connectivity index (χ1n) is 11.3. The molecule has 1 aliphatic rings. The van der Waals surface area contributed by atoms with E-state index < -0.39 is 0 Å². The molecule has 0 atom stereocenters. The number of hydrogen-bond donors (Lipinski definition) is 0. The van der Waals surface area contributed by atoms with Crippen LogP contribution >= 0.6 is 0 Å². The molecule has 0 saturated carbocycles.